The largest absolute Gasteiger partial charge is 0.442 e. The van der Waals surface area contributed by atoms with Crippen LogP contribution in [0.2, 0.25) is 0 Å². The van der Waals surface area contributed by atoms with Gasteiger partial charge in [0.25, 0.3) is 0 Å². The maximum atomic E-state index is 12.0. The van der Waals surface area contributed by atoms with Gasteiger partial charge in [0.2, 0.25) is 5.91 Å². The van der Waals surface area contributed by atoms with Gasteiger partial charge in [-0.2, -0.15) is 0 Å². The number of carbonyl (C=O) groups excluding carboxylic acids is 1. The molecule has 1 fully saturated rings. The molecule has 1 atom stereocenters. The third kappa shape index (κ3) is 3.22. The molecule has 8 heteroatoms. The first-order chi connectivity index (χ1) is 10.7. The Morgan fingerprint density at radius 2 is 2.41 bits per heavy atom. The molecule has 0 bridgehead atoms. The molecule has 0 saturated carbocycles. The highest BCUT2D eigenvalue weighted by Gasteiger charge is 2.19. The highest BCUT2D eigenvalue weighted by Crippen LogP contribution is 2.13. The van der Waals surface area contributed by atoms with Crippen LogP contribution in [0.1, 0.15) is 12.8 Å². The van der Waals surface area contributed by atoms with Gasteiger partial charge in [0.15, 0.2) is 5.82 Å². The Bertz CT molecular complexity index is 688. The molecule has 1 unspecified atom stereocenters. The Labute approximate surface area is 126 Å². The zero-order chi connectivity index (χ0) is 15.4. The molecule has 116 valence electrons. The maximum absolute atomic E-state index is 12.0. The summed E-state index contributed by atoms with van der Waals surface area (Å²) in [6.45, 7) is 1.02. The summed E-state index contributed by atoms with van der Waals surface area (Å²) >= 11 is 0. The van der Waals surface area contributed by atoms with Gasteiger partial charge in [-0.15, -0.1) is 0 Å². The minimum absolute atomic E-state index is 0.0564. The molecule has 0 radical (unpaired) electrons. The highest BCUT2D eigenvalue weighted by atomic mass is 16.5. The van der Waals surface area contributed by atoms with Crippen LogP contribution in [-0.2, 0) is 16.1 Å². The predicted molar refractivity (Wildman–Crippen MR) is 76.0 cm³/mol. The quantitative estimate of drug-likeness (QED) is 0.846. The van der Waals surface area contributed by atoms with E-state index in [-0.39, 0.29) is 24.4 Å². The average Bonchev–Trinajstić information content (AvgIpc) is 3.17. The number of nitrogens with one attached hydrogen (secondary N) is 1. The Morgan fingerprint density at radius 1 is 1.50 bits per heavy atom. The van der Waals surface area contributed by atoms with E-state index >= 15 is 0 Å². The molecule has 3 rings (SSSR count). The van der Waals surface area contributed by atoms with E-state index < -0.39 is 5.76 Å². The molecule has 1 amide bonds. The van der Waals surface area contributed by atoms with Gasteiger partial charge >= 0.3 is 5.76 Å². The van der Waals surface area contributed by atoms with Crippen LogP contribution in [-0.4, -0.2) is 39.9 Å². The topological polar surface area (TPSA) is 99.3 Å². The Kier molecular flexibility index (Phi) is 4.29. The number of nitrogens with zero attached hydrogens (tertiary/aromatic N) is 3. The van der Waals surface area contributed by atoms with Gasteiger partial charge in [-0.1, -0.05) is 5.16 Å². The van der Waals surface area contributed by atoms with Crippen molar-refractivity contribution in [2.75, 3.05) is 13.2 Å². The van der Waals surface area contributed by atoms with Crippen molar-refractivity contribution in [1.82, 2.24) is 20.0 Å². The standard InChI is InChI=1S/C14H16N4O4/c19-12(16-8-11-4-2-6-21-11)9-18-13(17-22-14(18)20)10-3-1-5-15-7-10/h1,3,5,7,11H,2,4,6,8-9H2,(H,16,19). The van der Waals surface area contributed by atoms with Crippen molar-refractivity contribution in [3.8, 4) is 11.4 Å². The van der Waals surface area contributed by atoms with E-state index in [0.29, 0.717) is 12.1 Å². The molecule has 3 heterocycles. The molecule has 8 nitrogen and oxygen atoms in total. The number of carbonyl (C=O) groups is 1. The number of rotatable bonds is 5. The Morgan fingerprint density at radius 3 is 3.14 bits per heavy atom. The third-order valence-electron chi connectivity index (χ3n) is 3.46. The SMILES string of the molecule is O=C(Cn1c(-c2cccnc2)noc1=O)NCC1CCCO1. The smallest absolute Gasteiger partial charge is 0.376 e. The van der Waals surface area contributed by atoms with Crippen molar-refractivity contribution in [3.63, 3.8) is 0 Å². The number of aromatic nitrogens is 3. The summed E-state index contributed by atoms with van der Waals surface area (Å²) in [6, 6.07) is 3.46. The molecular formula is C14H16N4O4. The predicted octanol–water partition coefficient (Wildman–Crippen LogP) is 0.193. The molecule has 0 aliphatic carbocycles. The number of hydrogen-bond donors (Lipinski definition) is 1. The lowest BCUT2D eigenvalue weighted by molar-refractivity contribution is -0.122. The van der Waals surface area contributed by atoms with E-state index in [4.69, 9.17) is 4.74 Å². The van der Waals surface area contributed by atoms with Crippen molar-refractivity contribution < 1.29 is 14.1 Å². The first kappa shape index (κ1) is 14.5. The van der Waals surface area contributed by atoms with E-state index in [1.165, 1.54) is 4.57 Å². The number of ether oxygens (including phenoxy) is 1. The second-order valence-corrected chi connectivity index (χ2v) is 5.04. The van der Waals surface area contributed by atoms with Crippen LogP contribution in [0.25, 0.3) is 11.4 Å². The van der Waals surface area contributed by atoms with Crippen LogP contribution in [0.3, 0.4) is 0 Å². The first-order valence-corrected chi connectivity index (χ1v) is 7.09. The lowest BCUT2D eigenvalue weighted by Gasteiger charge is -2.11. The second kappa shape index (κ2) is 6.52. The molecule has 1 N–H and O–H groups in total. The molecule has 22 heavy (non-hydrogen) atoms. The fourth-order valence-corrected chi connectivity index (χ4v) is 2.34. The number of hydrogen-bond acceptors (Lipinski definition) is 6. The summed E-state index contributed by atoms with van der Waals surface area (Å²) in [5.41, 5.74) is 0.611. The summed E-state index contributed by atoms with van der Waals surface area (Å²) in [7, 11) is 0. The van der Waals surface area contributed by atoms with E-state index in [1.54, 1.807) is 24.5 Å². The van der Waals surface area contributed by atoms with Gasteiger partial charge in [-0.25, -0.2) is 9.36 Å². The van der Waals surface area contributed by atoms with Crippen molar-refractivity contribution in [2.45, 2.75) is 25.5 Å². The molecule has 2 aromatic rings. The Hall–Kier alpha value is -2.48. The summed E-state index contributed by atoms with van der Waals surface area (Å²) in [6.07, 6.45) is 5.17. The fourth-order valence-electron chi connectivity index (χ4n) is 2.34. The van der Waals surface area contributed by atoms with Crippen molar-refractivity contribution in [1.29, 1.82) is 0 Å². The van der Waals surface area contributed by atoms with Gasteiger partial charge in [-0.3, -0.25) is 14.3 Å². The first-order valence-electron chi connectivity index (χ1n) is 7.09. The molecule has 2 aromatic heterocycles. The van der Waals surface area contributed by atoms with Gasteiger partial charge in [0.1, 0.15) is 6.54 Å². The van der Waals surface area contributed by atoms with Gasteiger partial charge in [0.05, 0.1) is 6.10 Å². The van der Waals surface area contributed by atoms with Crippen molar-refractivity contribution in [2.24, 2.45) is 0 Å². The van der Waals surface area contributed by atoms with Gasteiger partial charge < -0.3 is 10.1 Å². The van der Waals surface area contributed by atoms with E-state index in [1.807, 2.05) is 0 Å². The van der Waals surface area contributed by atoms with Crippen molar-refractivity contribution >= 4 is 5.91 Å². The summed E-state index contributed by atoms with van der Waals surface area (Å²) in [5, 5.41) is 6.47. The van der Waals surface area contributed by atoms with Crippen LogP contribution in [0, 0.1) is 0 Å². The van der Waals surface area contributed by atoms with E-state index in [9.17, 15) is 9.59 Å². The summed E-state index contributed by atoms with van der Waals surface area (Å²) in [4.78, 5) is 27.7. The summed E-state index contributed by atoms with van der Waals surface area (Å²) in [5.74, 6) is -0.678. The monoisotopic (exact) mass is 304 g/mol. The molecule has 0 spiro atoms. The molecule has 1 aliphatic rings. The fraction of sp³-hybridized carbons (Fsp3) is 0.429. The van der Waals surface area contributed by atoms with Gasteiger partial charge in [0, 0.05) is 31.1 Å². The lowest BCUT2D eigenvalue weighted by Crippen LogP contribution is -2.36. The van der Waals surface area contributed by atoms with E-state index in [2.05, 4.69) is 20.0 Å². The van der Waals surface area contributed by atoms with Gasteiger partial charge in [-0.05, 0) is 25.0 Å². The minimum atomic E-state index is -0.675. The van der Waals surface area contributed by atoms with Crippen LogP contribution in [0.5, 0.6) is 0 Å². The summed E-state index contributed by atoms with van der Waals surface area (Å²) < 4.78 is 11.3. The average molecular weight is 304 g/mol. The van der Waals surface area contributed by atoms with Crippen LogP contribution in [0.15, 0.2) is 33.8 Å². The highest BCUT2D eigenvalue weighted by molar-refractivity contribution is 5.76. The molecule has 1 saturated heterocycles. The molecular weight excluding hydrogens is 288 g/mol. The zero-order valence-electron chi connectivity index (χ0n) is 11.9. The zero-order valence-corrected chi connectivity index (χ0v) is 11.9. The number of pyridine rings is 1. The van der Waals surface area contributed by atoms with Crippen molar-refractivity contribution in [3.05, 3.63) is 35.1 Å². The normalized spacial score (nSPS) is 17.5. The van der Waals surface area contributed by atoms with Crippen LogP contribution >= 0.6 is 0 Å². The minimum Gasteiger partial charge on any atom is -0.376 e. The number of amides is 1. The van der Waals surface area contributed by atoms with Crippen LogP contribution < -0.4 is 11.1 Å². The third-order valence-corrected chi connectivity index (χ3v) is 3.46. The maximum Gasteiger partial charge on any atom is 0.442 e. The van der Waals surface area contributed by atoms with Crippen LogP contribution in [0.4, 0.5) is 0 Å². The molecule has 1 aliphatic heterocycles. The Balaban J connectivity index is 1.68. The second-order valence-electron chi connectivity index (χ2n) is 5.04. The molecule has 0 aromatic carbocycles. The lowest BCUT2D eigenvalue weighted by atomic mass is 10.2. The van der Waals surface area contributed by atoms with E-state index in [0.717, 1.165) is 19.4 Å².